The van der Waals surface area contributed by atoms with Gasteiger partial charge >= 0.3 is 6.03 Å². The first-order chi connectivity index (χ1) is 8.70. The minimum atomic E-state index is -0.268. The zero-order valence-electron chi connectivity index (χ0n) is 10.4. The lowest BCUT2D eigenvalue weighted by Gasteiger charge is -2.16. The Kier molecular flexibility index (Phi) is 3.79. The van der Waals surface area contributed by atoms with Crippen LogP contribution < -0.4 is 11.3 Å². The first-order valence-electron chi connectivity index (χ1n) is 5.90. The number of amides is 2. The normalized spacial score (nSPS) is 10.3. The lowest BCUT2D eigenvalue weighted by atomic mass is 10.1. The van der Waals surface area contributed by atoms with E-state index in [1.807, 2.05) is 12.1 Å². The van der Waals surface area contributed by atoms with Crippen LogP contribution in [0.15, 0.2) is 42.5 Å². The zero-order valence-corrected chi connectivity index (χ0v) is 10.4. The highest BCUT2D eigenvalue weighted by molar-refractivity contribution is 5.83. The molecule has 4 nitrogen and oxygen atoms in total. The maximum atomic E-state index is 11.2. The minimum Gasteiger partial charge on any atom is -0.326 e. The molecule has 0 radical (unpaired) electrons. The van der Waals surface area contributed by atoms with Crippen molar-refractivity contribution in [3.05, 3.63) is 48.0 Å². The number of hydrazine groups is 1. The molecule has 0 saturated heterocycles. The van der Waals surface area contributed by atoms with Crippen LogP contribution in [0, 0.1) is 0 Å². The summed E-state index contributed by atoms with van der Waals surface area (Å²) in [7, 11) is 1.73. The highest BCUT2D eigenvalue weighted by Crippen LogP contribution is 2.16. The Hall–Kier alpha value is -2.07. The molecule has 0 unspecified atom stereocenters. The van der Waals surface area contributed by atoms with Crippen molar-refractivity contribution in [2.75, 3.05) is 13.6 Å². The first-order valence-corrected chi connectivity index (χ1v) is 5.90. The zero-order chi connectivity index (χ0) is 13.0. The quantitative estimate of drug-likeness (QED) is 0.491. The van der Waals surface area contributed by atoms with Crippen molar-refractivity contribution < 1.29 is 4.79 Å². The number of benzene rings is 2. The summed E-state index contributed by atoms with van der Waals surface area (Å²) < 4.78 is 0. The van der Waals surface area contributed by atoms with Crippen molar-refractivity contribution in [2.45, 2.75) is 6.42 Å². The SMILES string of the molecule is CN(CCc1ccc2ccccc2c1)C(=O)NN. The van der Waals surface area contributed by atoms with E-state index in [4.69, 9.17) is 5.84 Å². The van der Waals surface area contributed by atoms with E-state index in [0.29, 0.717) is 6.54 Å². The molecule has 2 amide bonds. The Labute approximate surface area is 106 Å². The molecule has 0 aliphatic carbocycles. The summed E-state index contributed by atoms with van der Waals surface area (Å²) in [6, 6.07) is 14.3. The molecule has 0 aromatic heterocycles. The van der Waals surface area contributed by atoms with Crippen LogP contribution >= 0.6 is 0 Å². The van der Waals surface area contributed by atoms with E-state index in [-0.39, 0.29) is 6.03 Å². The molecule has 0 spiro atoms. The number of hydrogen-bond donors (Lipinski definition) is 2. The van der Waals surface area contributed by atoms with Gasteiger partial charge in [0.1, 0.15) is 0 Å². The average molecular weight is 243 g/mol. The van der Waals surface area contributed by atoms with Crippen molar-refractivity contribution in [1.29, 1.82) is 0 Å². The van der Waals surface area contributed by atoms with Gasteiger partial charge in [-0.3, -0.25) is 5.43 Å². The van der Waals surface area contributed by atoms with Gasteiger partial charge in [0.25, 0.3) is 0 Å². The van der Waals surface area contributed by atoms with E-state index >= 15 is 0 Å². The van der Waals surface area contributed by atoms with Gasteiger partial charge in [0, 0.05) is 13.6 Å². The number of fused-ring (bicyclic) bond motifs is 1. The van der Waals surface area contributed by atoms with Gasteiger partial charge in [-0.25, -0.2) is 10.6 Å². The predicted molar refractivity (Wildman–Crippen MR) is 73.0 cm³/mol. The van der Waals surface area contributed by atoms with E-state index in [9.17, 15) is 4.79 Å². The average Bonchev–Trinajstić information content (AvgIpc) is 2.43. The predicted octanol–water partition coefficient (Wildman–Crippen LogP) is 1.90. The second kappa shape index (κ2) is 5.51. The fourth-order valence-corrected chi connectivity index (χ4v) is 1.90. The van der Waals surface area contributed by atoms with Crippen molar-refractivity contribution in [1.82, 2.24) is 10.3 Å². The smallest absolute Gasteiger partial charge is 0.326 e. The maximum absolute atomic E-state index is 11.2. The fraction of sp³-hybridized carbons (Fsp3) is 0.214. The van der Waals surface area contributed by atoms with Gasteiger partial charge < -0.3 is 4.90 Å². The second-order valence-electron chi connectivity index (χ2n) is 4.30. The summed E-state index contributed by atoms with van der Waals surface area (Å²) in [4.78, 5) is 12.8. The van der Waals surface area contributed by atoms with E-state index in [1.54, 1.807) is 11.9 Å². The number of likely N-dealkylation sites (N-methyl/N-ethyl adjacent to an activating group) is 1. The Morgan fingerprint density at radius 2 is 1.94 bits per heavy atom. The molecule has 2 aromatic rings. The molecule has 0 atom stereocenters. The number of nitrogens with zero attached hydrogens (tertiary/aromatic N) is 1. The van der Waals surface area contributed by atoms with Crippen molar-refractivity contribution in [3.8, 4) is 0 Å². The van der Waals surface area contributed by atoms with E-state index in [1.165, 1.54) is 16.3 Å². The minimum absolute atomic E-state index is 0.268. The van der Waals surface area contributed by atoms with E-state index in [2.05, 4.69) is 35.8 Å². The van der Waals surface area contributed by atoms with Gasteiger partial charge in [-0.05, 0) is 22.8 Å². The molecule has 0 aliphatic heterocycles. The number of carbonyl (C=O) groups excluding carboxylic acids is 1. The first kappa shape index (κ1) is 12.4. The van der Waals surface area contributed by atoms with Crippen LogP contribution in [0.3, 0.4) is 0 Å². The maximum Gasteiger partial charge on any atom is 0.331 e. The molecule has 3 N–H and O–H groups in total. The van der Waals surface area contributed by atoms with Gasteiger partial charge in [0.05, 0.1) is 0 Å². The highest BCUT2D eigenvalue weighted by atomic mass is 16.2. The summed E-state index contributed by atoms with van der Waals surface area (Å²) in [6.07, 6.45) is 0.814. The summed E-state index contributed by atoms with van der Waals surface area (Å²) in [6.45, 7) is 0.640. The van der Waals surface area contributed by atoms with Crippen LogP contribution in [0.1, 0.15) is 5.56 Å². The fourth-order valence-electron chi connectivity index (χ4n) is 1.90. The number of rotatable bonds is 3. The molecule has 0 heterocycles. The third-order valence-corrected chi connectivity index (χ3v) is 3.02. The molecular weight excluding hydrogens is 226 g/mol. The standard InChI is InChI=1S/C14H17N3O/c1-17(14(18)16-15)9-8-11-6-7-12-4-2-3-5-13(12)10-11/h2-7,10H,8-9,15H2,1H3,(H,16,18). The Morgan fingerprint density at radius 1 is 1.22 bits per heavy atom. The summed E-state index contributed by atoms with van der Waals surface area (Å²) in [5, 5.41) is 2.45. The molecule has 0 bridgehead atoms. The lowest BCUT2D eigenvalue weighted by Crippen LogP contribution is -2.41. The Morgan fingerprint density at radius 3 is 2.67 bits per heavy atom. The number of nitrogens with two attached hydrogens (primary N) is 1. The Bertz CT molecular complexity index is 553. The van der Waals surface area contributed by atoms with Gasteiger partial charge in [-0.2, -0.15) is 0 Å². The largest absolute Gasteiger partial charge is 0.331 e. The molecule has 0 fully saturated rings. The second-order valence-corrected chi connectivity index (χ2v) is 4.30. The summed E-state index contributed by atoms with van der Waals surface area (Å²) in [5.74, 6) is 5.08. The van der Waals surface area contributed by atoms with Gasteiger partial charge in [-0.1, -0.05) is 42.5 Å². The monoisotopic (exact) mass is 243 g/mol. The lowest BCUT2D eigenvalue weighted by molar-refractivity contribution is 0.209. The summed E-state index contributed by atoms with van der Waals surface area (Å²) in [5.41, 5.74) is 3.33. The molecule has 0 saturated carbocycles. The van der Waals surface area contributed by atoms with Crippen LogP contribution in [-0.4, -0.2) is 24.5 Å². The van der Waals surface area contributed by atoms with Crippen LogP contribution in [0.2, 0.25) is 0 Å². The van der Waals surface area contributed by atoms with Crippen LogP contribution in [0.5, 0.6) is 0 Å². The molecule has 18 heavy (non-hydrogen) atoms. The number of hydrogen-bond acceptors (Lipinski definition) is 2. The molecular formula is C14H17N3O. The van der Waals surface area contributed by atoms with Crippen molar-refractivity contribution >= 4 is 16.8 Å². The van der Waals surface area contributed by atoms with E-state index < -0.39 is 0 Å². The molecule has 2 aromatic carbocycles. The number of urea groups is 1. The van der Waals surface area contributed by atoms with Crippen molar-refractivity contribution in [2.24, 2.45) is 5.84 Å². The third-order valence-electron chi connectivity index (χ3n) is 3.02. The Balaban J connectivity index is 2.06. The highest BCUT2D eigenvalue weighted by Gasteiger charge is 2.05. The molecule has 94 valence electrons. The van der Waals surface area contributed by atoms with Gasteiger partial charge in [0.2, 0.25) is 0 Å². The topological polar surface area (TPSA) is 58.4 Å². The van der Waals surface area contributed by atoms with E-state index in [0.717, 1.165) is 6.42 Å². The molecule has 2 rings (SSSR count). The van der Waals surface area contributed by atoms with Crippen LogP contribution in [0.25, 0.3) is 10.8 Å². The molecule has 0 aliphatic rings. The number of nitrogens with one attached hydrogen (secondary N) is 1. The van der Waals surface area contributed by atoms with Crippen LogP contribution in [0.4, 0.5) is 4.79 Å². The molecule has 4 heteroatoms. The number of carbonyl (C=O) groups is 1. The summed E-state index contributed by atoms with van der Waals surface area (Å²) >= 11 is 0. The van der Waals surface area contributed by atoms with Crippen LogP contribution in [-0.2, 0) is 6.42 Å². The van der Waals surface area contributed by atoms with Gasteiger partial charge in [-0.15, -0.1) is 0 Å². The van der Waals surface area contributed by atoms with Gasteiger partial charge in [0.15, 0.2) is 0 Å². The van der Waals surface area contributed by atoms with Crippen molar-refractivity contribution in [3.63, 3.8) is 0 Å². The third kappa shape index (κ3) is 2.78.